The van der Waals surface area contributed by atoms with Gasteiger partial charge in [0, 0.05) is 22.4 Å². The van der Waals surface area contributed by atoms with E-state index in [1.807, 2.05) is 0 Å². The van der Waals surface area contributed by atoms with Gasteiger partial charge in [-0.15, -0.1) is 11.8 Å². The zero-order valence-corrected chi connectivity index (χ0v) is 13.2. The molecular weight excluding hydrogens is 321 g/mol. The van der Waals surface area contributed by atoms with Gasteiger partial charge in [-0.2, -0.15) is 0 Å². The highest BCUT2D eigenvalue weighted by atomic mass is 35.5. The Morgan fingerprint density at radius 3 is 2.75 bits per heavy atom. The minimum atomic E-state index is -0.869. The molecule has 2 N–H and O–H groups in total. The van der Waals surface area contributed by atoms with E-state index in [0.717, 1.165) is 4.90 Å². The van der Waals surface area contributed by atoms with Crippen LogP contribution in [0.25, 0.3) is 0 Å². The quantitative estimate of drug-likeness (QED) is 0.749. The van der Waals surface area contributed by atoms with Gasteiger partial charge in [0.2, 0.25) is 5.91 Å². The van der Waals surface area contributed by atoms with Gasteiger partial charge in [-0.3, -0.25) is 9.59 Å². The van der Waals surface area contributed by atoms with Gasteiger partial charge >= 0.3 is 5.97 Å². The number of carbonyl (C=O) groups is 2. The first-order chi connectivity index (χ1) is 9.38. The first-order valence-corrected chi connectivity index (χ1v) is 7.71. The highest BCUT2D eigenvalue weighted by molar-refractivity contribution is 8.00. The molecule has 0 saturated heterocycles. The van der Waals surface area contributed by atoms with Crippen molar-refractivity contribution in [3.8, 4) is 0 Å². The number of carboxylic acid groups (broad SMARTS) is 1. The van der Waals surface area contributed by atoms with Gasteiger partial charge in [-0.1, -0.05) is 23.2 Å². The van der Waals surface area contributed by atoms with E-state index in [1.165, 1.54) is 11.8 Å². The van der Waals surface area contributed by atoms with Crippen LogP contribution in [0.2, 0.25) is 10.0 Å². The first kappa shape index (κ1) is 17.1. The summed E-state index contributed by atoms with van der Waals surface area (Å²) in [4.78, 5) is 22.9. The molecule has 0 spiro atoms. The number of carboxylic acids is 1. The zero-order chi connectivity index (χ0) is 15.1. The van der Waals surface area contributed by atoms with E-state index in [9.17, 15) is 9.59 Å². The molecule has 0 aliphatic heterocycles. The van der Waals surface area contributed by atoms with Crippen LogP contribution in [0.5, 0.6) is 0 Å². The van der Waals surface area contributed by atoms with E-state index in [4.69, 9.17) is 28.3 Å². The van der Waals surface area contributed by atoms with Crippen LogP contribution in [0.15, 0.2) is 23.1 Å². The van der Waals surface area contributed by atoms with E-state index in [2.05, 4.69) is 5.32 Å². The second kappa shape index (κ2) is 8.39. The summed E-state index contributed by atoms with van der Waals surface area (Å²) in [6.45, 7) is 1.78. The number of hydrogen-bond donors (Lipinski definition) is 2. The fourth-order valence-electron chi connectivity index (χ4n) is 1.46. The lowest BCUT2D eigenvalue weighted by molar-refractivity contribution is -0.137. The van der Waals surface area contributed by atoms with Gasteiger partial charge in [0.15, 0.2) is 0 Å². The monoisotopic (exact) mass is 335 g/mol. The Morgan fingerprint density at radius 1 is 1.40 bits per heavy atom. The largest absolute Gasteiger partial charge is 0.481 e. The maximum atomic E-state index is 11.7. The number of halogens is 2. The second-order valence-corrected chi connectivity index (χ2v) is 6.13. The SMILES string of the molecule is CC(CCC(=O)O)NC(=O)CSc1cc(Cl)ccc1Cl. The fraction of sp³-hybridized carbons (Fsp3) is 0.385. The van der Waals surface area contributed by atoms with Crippen molar-refractivity contribution in [1.82, 2.24) is 5.32 Å². The summed E-state index contributed by atoms with van der Waals surface area (Å²) < 4.78 is 0. The van der Waals surface area contributed by atoms with Crippen molar-refractivity contribution in [2.75, 3.05) is 5.75 Å². The first-order valence-electron chi connectivity index (χ1n) is 5.97. The minimum absolute atomic E-state index is 0.0364. The van der Waals surface area contributed by atoms with Crippen LogP contribution < -0.4 is 5.32 Å². The van der Waals surface area contributed by atoms with Crippen molar-refractivity contribution >= 4 is 46.8 Å². The highest BCUT2D eigenvalue weighted by Gasteiger charge is 2.11. The van der Waals surface area contributed by atoms with Crippen molar-refractivity contribution in [2.24, 2.45) is 0 Å². The Balaban J connectivity index is 2.39. The van der Waals surface area contributed by atoms with E-state index in [1.54, 1.807) is 25.1 Å². The van der Waals surface area contributed by atoms with Crippen LogP contribution in [0.1, 0.15) is 19.8 Å². The van der Waals surface area contributed by atoms with Gasteiger partial charge in [0.1, 0.15) is 0 Å². The third kappa shape index (κ3) is 6.50. The van der Waals surface area contributed by atoms with Gasteiger partial charge in [-0.25, -0.2) is 0 Å². The number of nitrogens with one attached hydrogen (secondary N) is 1. The van der Waals surface area contributed by atoms with Gasteiger partial charge in [0.25, 0.3) is 0 Å². The minimum Gasteiger partial charge on any atom is -0.481 e. The molecule has 0 heterocycles. The number of benzene rings is 1. The smallest absolute Gasteiger partial charge is 0.303 e. The topological polar surface area (TPSA) is 66.4 Å². The lowest BCUT2D eigenvalue weighted by Gasteiger charge is -2.12. The van der Waals surface area contributed by atoms with Crippen LogP contribution >= 0.6 is 35.0 Å². The van der Waals surface area contributed by atoms with Gasteiger partial charge in [-0.05, 0) is 31.5 Å². The van der Waals surface area contributed by atoms with E-state index >= 15 is 0 Å². The van der Waals surface area contributed by atoms with Crippen molar-refractivity contribution < 1.29 is 14.7 Å². The Labute approximate surface area is 131 Å². The molecule has 7 heteroatoms. The maximum Gasteiger partial charge on any atom is 0.303 e. The number of carbonyl (C=O) groups excluding carboxylic acids is 1. The molecule has 4 nitrogen and oxygen atoms in total. The second-order valence-electron chi connectivity index (χ2n) is 4.26. The molecule has 0 radical (unpaired) electrons. The Kier molecular flexibility index (Phi) is 7.19. The highest BCUT2D eigenvalue weighted by Crippen LogP contribution is 2.29. The average molecular weight is 336 g/mol. The van der Waals surface area contributed by atoms with Crippen molar-refractivity contribution in [3.63, 3.8) is 0 Å². The molecule has 1 amide bonds. The van der Waals surface area contributed by atoms with Crippen molar-refractivity contribution in [3.05, 3.63) is 28.2 Å². The van der Waals surface area contributed by atoms with Crippen LogP contribution in [-0.4, -0.2) is 28.8 Å². The molecule has 1 atom stereocenters. The molecule has 1 unspecified atom stereocenters. The average Bonchev–Trinajstić information content (AvgIpc) is 2.37. The Hall–Kier alpha value is -0.910. The molecule has 0 aliphatic carbocycles. The van der Waals surface area contributed by atoms with Crippen LogP contribution in [0, 0.1) is 0 Å². The zero-order valence-electron chi connectivity index (χ0n) is 10.9. The van der Waals surface area contributed by atoms with E-state index in [0.29, 0.717) is 16.5 Å². The van der Waals surface area contributed by atoms with E-state index < -0.39 is 5.97 Å². The normalized spacial score (nSPS) is 11.9. The number of amides is 1. The number of hydrogen-bond acceptors (Lipinski definition) is 3. The van der Waals surface area contributed by atoms with Crippen molar-refractivity contribution in [2.45, 2.75) is 30.7 Å². The lowest BCUT2D eigenvalue weighted by atomic mass is 10.2. The van der Waals surface area contributed by atoms with E-state index in [-0.39, 0.29) is 24.1 Å². The maximum absolute atomic E-state index is 11.7. The molecule has 0 aliphatic rings. The number of rotatable bonds is 7. The Bertz CT molecular complexity index is 497. The third-order valence-corrected chi connectivity index (χ3v) is 4.18. The molecule has 1 rings (SSSR count). The summed E-state index contributed by atoms with van der Waals surface area (Å²) in [7, 11) is 0. The molecule has 0 fully saturated rings. The van der Waals surface area contributed by atoms with Gasteiger partial charge < -0.3 is 10.4 Å². The fourth-order valence-corrected chi connectivity index (χ4v) is 2.76. The van der Waals surface area contributed by atoms with Crippen LogP contribution in [-0.2, 0) is 9.59 Å². The molecular formula is C13H15Cl2NO3S. The summed E-state index contributed by atoms with van der Waals surface area (Å²) in [6, 6.07) is 4.89. The predicted molar refractivity (Wildman–Crippen MR) is 81.7 cm³/mol. The summed E-state index contributed by atoms with van der Waals surface area (Å²) in [6.07, 6.45) is 0.443. The molecule has 1 aromatic carbocycles. The summed E-state index contributed by atoms with van der Waals surface area (Å²) >= 11 is 13.1. The lowest BCUT2D eigenvalue weighted by Crippen LogP contribution is -2.34. The summed E-state index contributed by atoms with van der Waals surface area (Å²) in [5.41, 5.74) is 0. The standard InChI is InChI=1S/C13H15Cl2NO3S/c1-8(2-5-13(18)19)16-12(17)7-20-11-6-9(14)3-4-10(11)15/h3-4,6,8H,2,5,7H2,1H3,(H,16,17)(H,18,19). The predicted octanol–water partition coefficient (Wildman–Crippen LogP) is 3.46. The molecule has 0 bridgehead atoms. The summed E-state index contributed by atoms with van der Waals surface area (Å²) in [5, 5.41) is 12.4. The molecule has 0 saturated carbocycles. The Morgan fingerprint density at radius 2 is 2.10 bits per heavy atom. The number of aliphatic carboxylic acids is 1. The molecule has 20 heavy (non-hydrogen) atoms. The third-order valence-electron chi connectivity index (χ3n) is 2.45. The van der Waals surface area contributed by atoms with Crippen LogP contribution in [0.4, 0.5) is 0 Å². The molecule has 110 valence electrons. The number of thioether (sulfide) groups is 1. The van der Waals surface area contributed by atoms with Crippen LogP contribution in [0.3, 0.4) is 0 Å². The van der Waals surface area contributed by atoms with Gasteiger partial charge in [0.05, 0.1) is 10.8 Å². The molecule has 0 aromatic heterocycles. The molecule has 1 aromatic rings. The summed E-state index contributed by atoms with van der Waals surface area (Å²) in [5.74, 6) is -0.826. The van der Waals surface area contributed by atoms with Crippen molar-refractivity contribution in [1.29, 1.82) is 0 Å².